The lowest BCUT2D eigenvalue weighted by molar-refractivity contribution is -0.134. The number of allylic oxidation sites excluding steroid dienone is 1. The molecule has 0 aliphatic carbocycles. The van der Waals surface area contributed by atoms with Gasteiger partial charge in [-0.3, -0.25) is 0 Å². The smallest absolute Gasteiger partial charge is 0.328 e. The summed E-state index contributed by atoms with van der Waals surface area (Å²) in [6.07, 6.45) is 1.12. The van der Waals surface area contributed by atoms with Gasteiger partial charge in [0.1, 0.15) is 0 Å². The molecular weight excluding hydrogens is 188 g/mol. The highest BCUT2D eigenvalue weighted by Crippen LogP contribution is 1.85. The number of rotatable bonds is 4. The highest BCUT2D eigenvalue weighted by molar-refractivity contribution is 5.89. The molecule has 0 radical (unpaired) electrons. The number of ether oxygens (including phenoxy) is 1. The third kappa shape index (κ3) is 22.5. The Labute approximate surface area is 82.3 Å². The molecular formula is C9H14O5. The fourth-order valence-electron chi connectivity index (χ4n) is 0.389. The van der Waals surface area contributed by atoms with Crippen LogP contribution in [0.2, 0.25) is 0 Å². The van der Waals surface area contributed by atoms with Crippen LogP contribution >= 0.6 is 0 Å². The summed E-state index contributed by atoms with van der Waals surface area (Å²) in [5.41, 5.74) is 0. The Morgan fingerprint density at radius 1 is 1.29 bits per heavy atom. The first kappa shape index (κ1) is 14.7. The second-order valence-corrected chi connectivity index (χ2v) is 2.14. The summed E-state index contributed by atoms with van der Waals surface area (Å²) in [5, 5.41) is 15.6. The van der Waals surface area contributed by atoms with E-state index in [1.165, 1.54) is 0 Å². The fraction of sp³-hybridized carbons (Fsp3) is 0.333. The van der Waals surface area contributed by atoms with Gasteiger partial charge in [-0.05, 0) is 13.8 Å². The topological polar surface area (TPSA) is 83.8 Å². The van der Waals surface area contributed by atoms with E-state index in [2.05, 4.69) is 6.58 Å². The largest absolute Gasteiger partial charge is 0.499 e. The Kier molecular flexibility index (Phi) is 9.79. The molecule has 0 amide bonds. The van der Waals surface area contributed by atoms with Crippen LogP contribution in [0.15, 0.2) is 24.5 Å². The highest BCUT2D eigenvalue weighted by atomic mass is 16.5. The molecule has 0 heterocycles. The van der Waals surface area contributed by atoms with Gasteiger partial charge in [-0.1, -0.05) is 6.58 Å². The molecule has 0 saturated heterocycles. The van der Waals surface area contributed by atoms with Crippen molar-refractivity contribution in [3.63, 3.8) is 0 Å². The molecule has 0 spiro atoms. The van der Waals surface area contributed by atoms with Gasteiger partial charge in [0.25, 0.3) is 0 Å². The van der Waals surface area contributed by atoms with E-state index in [9.17, 15) is 9.59 Å². The van der Waals surface area contributed by atoms with Crippen molar-refractivity contribution in [3.05, 3.63) is 24.5 Å². The van der Waals surface area contributed by atoms with Gasteiger partial charge in [0.2, 0.25) is 0 Å². The lowest BCUT2D eigenvalue weighted by Crippen LogP contribution is -1.91. The summed E-state index contributed by atoms with van der Waals surface area (Å²) in [7, 11) is 0. The molecule has 0 aromatic rings. The van der Waals surface area contributed by atoms with E-state index >= 15 is 0 Å². The van der Waals surface area contributed by atoms with Crippen LogP contribution in [0, 0.1) is 0 Å². The summed E-state index contributed by atoms with van der Waals surface area (Å²) < 4.78 is 4.85. The predicted molar refractivity (Wildman–Crippen MR) is 50.9 cm³/mol. The van der Waals surface area contributed by atoms with Crippen molar-refractivity contribution in [2.24, 2.45) is 0 Å². The Balaban J connectivity index is 0. The Bertz CT molecular complexity index is 213. The van der Waals surface area contributed by atoms with E-state index in [1.54, 1.807) is 0 Å². The third-order valence-electron chi connectivity index (χ3n) is 0.759. The first-order valence-corrected chi connectivity index (χ1v) is 3.82. The van der Waals surface area contributed by atoms with Crippen LogP contribution in [0.4, 0.5) is 0 Å². The van der Waals surface area contributed by atoms with Crippen molar-refractivity contribution in [2.75, 3.05) is 6.61 Å². The summed E-state index contributed by atoms with van der Waals surface area (Å²) in [6, 6.07) is 0. The fourth-order valence-corrected chi connectivity index (χ4v) is 0.389. The quantitative estimate of drug-likeness (QED) is 0.529. The van der Waals surface area contributed by atoms with E-state index in [-0.39, 0.29) is 0 Å². The number of hydrogen-bond acceptors (Lipinski definition) is 3. The SMILES string of the molecule is C=C(C)OCC.O=C(O)/C=C\C(=O)O. The Hall–Kier alpha value is -1.78. The third-order valence-corrected chi connectivity index (χ3v) is 0.759. The summed E-state index contributed by atoms with van der Waals surface area (Å²) in [4.78, 5) is 19.1. The number of carboxylic acids is 2. The van der Waals surface area contributed by atoms with Gasteiger partial charge in [0.05, 0.1) is 12.4 Å². The van der Waals surface area contributed by atoms with Gasteiger partial charge in [-0.15, -0.1) is 0 Å². The summed E-state index contributed by atoms with van der Waals surface area (Å²) in [5.74, 6) is -1.72. The molecule has 0 rings (SSSR count). The molecule has 0 bridgehead atoms. The normalized spacial score (nSPS) is 8.71. The lowest BCUT2D eigenvalue weighted by atomic mass is 10.5. The molecule has 0 aromatic heterocycles. The van der Waals surface area contributed by atoms with Gasteiger partial charge in [-0.25, -0.2) is 9.59 Å². The van der Waals surface area contributed by atoms with Crippen LogP contribution < -0.4 is 0 Å². The average Bonchev–Trinajstić information content (AvgIpc) is 2.01. The summed E-state index contributed by atoms with van der Waals surface area (Å²) >= 11 is 0. The second kappa shape index (κ2) is 9.31. The standard InChI is InChI=1S/C5H10O.C4H4O4/c1-4-6-5(2)3;5-3(6)1-2-4(7)8/h2,4H2,1,3H3;1-2H,(H,5,6)(H,7,8)/b;2-1-. The Morgan fingerprint density at radius 3 is 1.71 bits per heavy atom. The van der Waals surface area contributed by atoms with Crippen molar-refractivity contribution in [3.8, 4) is 0 Å². The lowest BCUT2D eigenvalue weighted by Gasteiger charge is -1.95. The number of hydrogen-bond donors (Lipinski definition) is 2. The molecule has 80 valence electrons. The number of carboxylic acid groups (broad SMARTS) is 2. The average molecular weight is 202 g/mol. The molecule has 0 atom stereocenters. The minimum atomic E-state index is -1.26. The molecule has 0 saturated carbocycles. The molecule has 0 aromatic carbocycles. The zero-order valence-corrected chi connectivity index (χ0v) is 8.19. The van der Waals surface area contributed by atoms with Crippen molar-refractivity contribution in [1.82, 2.24) is 0 Å². The molecule has 2 N–H and O–H groups in total. The molecule has 0 aliphatic rings. The van der Waals surface area contributed by atoms with Crippen molar-refractivity contribution in [2.45, 2.75) is 13.8 Å². The molecule has 0 unspecified atom stereocenters. The van der Waals surface area contributed by atoms with E-state index in [0.29, 0.717) is 12.2 Å². The van der Waals surface area contributed by atoms with Crippen molar-refractivity contribution < 1.29 is 24.5 Å². The molecule has 14 heavy (non-hydrogen) atoms. The number of aliphatic carboxylic acids is 2. The van der Waals surface area contributed by atoms with E-state index in [1.807, 2.05) is 13.8 Å². The van der Waals surface area contributed by atoms with E-state index in [0.717, 1.165) is 12.4 Å². The molecule has 0 fully saturated rings. The van der Waals surface area contributed by atoms with Crippen LogP contribution in [-0.2, 0) is 14.3 Å². The minimum Gasteiger partial charge on any atom is -0.499 e. The zero-order valence-electron chi connectivity index (χ0n) is 8.19. The van der Waals surface area contributed by atoms with Crippen LogP contribution in [0.25, 0.3) is 0 Å². The molecule has 0 aliphatic heterocycles. The number of carbonyl (C=O) groups is 2. The molecule has 5 nitrogen and oxygen atoms in total. The van der Waals surface area contributed by atoms with Gasteiger partial charge in [-0.2, -0.15) is 0 Å². The van der Waals surface area contributed by atoms with Gasteiger partial charge in [0.15, 0.2) is 0 Å². The molecule has 5 heteroatoms. The van der Waals surface area contributed by atoms with Crippen LogP contribution in [0.1, 0.15) is 13.8 Å². The first-order chi connectivity index (χ1) is 6.40. The van der Waals surface area contributed by atoms with Crippen LogP contribution in [-0.4, -0.2) is 28.8 Å². The first-order valence-electron chi connectivity index (χ1n) is 3.82. The van der Waals surface area contributed by atoms with Crippen molar-refractivity contribution >= 4 is 11.9 Å². The van der Waals surface area contributed by atoms with Gasteiger partial charge in [0, 0.05) is 12.2 Å². The summed E-state index contributed by atoms with van der Waals surface area (Å²) in [6.45, 7) is 8.03. The van der Waals surface area contributed by atoms with Crippen LogP contribution in [0.5, 0.6) is 0 Å². The monoisotopic (exact) mass is 202 g/mol. The second-order valence-electron chi connectivity index (χ2n) is 2.14. The van der Waals surface area contributed by atoms with E-state index in [4.69, 9.17) is 14.9 Å². The zero-order chi connectivity index (χ0) is 11.6. The van der Waals surface area contributed by atoms with Crippen LogP contribution in [0.3, 0.4) is 0 Å². The van der Waals surface area contributed by atoms with E-state index < -0.39 is 11.9 Å². The Morgan fingerprint density at radius 2 is 1.64 bits per heavy atom. The van der Waals surface area contributed by atoms with Crippen molar-refractivity contribution in [1.29, 1.82) is 0 Å². The highest BCUT2D eigenvalue weighted by Gasteiger charge is 1.88. The maximum absolute atomic E-state index is 9.55. The maximum atomic E-state index is 9.55. The maximum Gasteiger partial charge on any atom is 0.328 e. The van der Waals surface area contributed by atoms with Gasteiger partial charge < -0.3 is 14.9 Å². The minimum absolute atomic E-state index is 0.558. The van der Waals surface area contributed by atoms with Gasteiger partial charge >= 0.3 is 11.9 Å². The predicted octanol–water partition coefficient (Wildman–Crippen LogP) is 1.27.